The zero-order chi connectivity index (χ0) is 18.5. The minimum Gasteiger partial charge on any atom is -0.457 e. The van der Waals surface area contributed by atoms with Crippen LogP contribution in [-0.2, 0) is 9.59 Å². The maximum atomic E-state index is 12.0. The van der Waals surface area contributed by atoms with E-state index < -0.39 is 11.8 Å². The molecular formula is C19H17N3O3S. The van der Waals surface area contributed by atoms with E-state index in [1.165, 1.54) is 11.3 Å². The molecule has 0 spiro atoms. The SMILES string of the molecule is Cc1nc(NC(=O)C(=O)Nc2ccc(Oc3ccccc3)cc2)sc1C. The van der Waals surface area contributed by atoms with Crippen LogP contribution in [0.25, 0.3) is 0 Å². The predicted octanol–water partition coefficient (Wildman–Crippen LogP) is 4.13. The Balaban J connectivity index is 1.57. The fourth-order valence-electron chi connectivity index (χ4n) is 2.10. The third-order valence-corrected chi connectivity index (χ3v) is 4.53. The van der Waals surface area contributed by atoms with Gasteiger partial charge in [-0.05, 0) is 50.2 Å². The maximum Gasteiger partial charge on any atom is 0.315 e. The first-order chi connectivity index (χ1) is 12.5. The molecule has 7 heteroatoms. The van der Waals surface area contributed by atoms with Crippen LogP contribution in [0.5, 0.6) is 11.5 Å². The van der Waals surface area contributed by atoms with E-state index in [0.717, 1.165) is 16.3 Å². The number of hydrogen-bond acceptors (Lipinski definition) is 5. The van der Waals surface area contributed by atoms with E-state index >= 15 is 0 Å². The molecule has 6 nitrogen and oxygen atoms in total. The van der Waals surface area contributed by atoms with E-state index in [2.05, 4.69) is 15.6 Å². The van der Waals surface area contributed by atoms with Crippen molar-refractivity contribution >= 4 is 34.0 Å². The molecule has 0 saturated heterocycles. The highest BCUT2D eigenvalue weighted by molar-refractivity contribution is 7.15. The Labute approximate surface area is 154 Å². The summed E-state index contributed by atoms with van der Waals surface area (Å²) < 4.78 is 5.68. The van der Waals surface area contributed by atoms with Crippen molar-refractivity contribution in [2.45, 2.75) is 13.8 Å². The molecule has 3 aromatic rings. The molecule has 1 heterocycles. The van der Waals surface area contributed by atoms with Crippen molar-refractivity contribution in [3.63, 3.8) is 0 Å². The largest absolute Gasteiger partial charge is 0.457 e. The van der Waals surface area contributed by atoms with Crippen LogP contribution in [0.4, 0.5) is 10.8 Å². The quantitative estimate of drug-likeness (QED) is 0.680. The molecule has 0 bridgehead atoms. The van der Waals surface area contributed by atoms with Gasteiger partial charge in [0.2, 0.25) is 0 Å². The van der Waals surface area contributed by atoms with Crippen LogP contribution in [0.3, 0.4) is 0 Å². The summed E-state index contributed by atoms with van der Waals surface area (Å²) in [6, 6.07) is 16.1. The summed E-state index contributed by atoms with van der Waals surface area (Å²) in [4.78, 5) is 29.1. The molecule has 0 atom stereocenters. The van der Waals surface area contributed by atoms with Gasteiger partial charge in [0.15, 0.2) is 5.13 Å². The number of anilines is 2. The Morgan fingerprint density at radius 1 is 0.885 bits per heavy atom. The standard InChI is InChI=1S/C19H17N3O3S/c1-12-13(2)26-19(20-12)22-18(24)17(23)21-14-8-10-16(11-9-14)25-15-6-4-3-5-7-15/h3-11H,1-2H3,(H,21,23)(H,20,22,24). The molecule has 26 heavy (non-hydrogen) atoms. The van der Waals surface area contributed by atoms with Crippen LogP contribution < -0.4 is 15.4 Å². The summed E-state index contributed by atoms with van der Waals surface area (Å²) in [7, 11) is 0. The number of para-hydroxylation sites is 1. The lowest BCUT2D eigenvalue weighted by Gasteiger charge is -2.08. The highest BCUT2D eigenvalue weighted by Crippen LogP contribution is 2.23. The van der Waals surface area contributed by atoms with Crippen molar-refractivity contribution in [2.75, 3.05) is 10.6 Å². The second-order valence-corrected chi connectivity index (χ2v) is 6.71. The van der Waals surface area contributed by atoms with Gasteiger partial charge in [-0.1, -0.05) is 18.2 Å². The number of carbonyl (C=O) groups excluding carboxylic acids is 2. The predicted molar refractivity (Wildman–Crippen MR) is 102 cm³/mol. The highest BCUT2D eigenvalue weighted by atomic mass is 32.1. The summed E-state index contributed by atoms with van der Waals surface area (Å²) in [5.41, 5.74) is 1.33. The first kappa shape index (κ1) is 17.6. The molecule has 2 N–H and O–H groups in total. The van der Waals surface area contributed by atoms with Gasteiger partial charge in [0, 0.05) is 10.6 Å². The third kappa shape index (κ3) is 4.46. The zero-order valence-electron chi connectivity index (χ0n) is 14.3. The molecule has 3 rings (SSSR count). The summed E-state index contributed by atoms with van der Waals surface area (Å²) in [6.07, 6.45) is 0. The van der Waals surface area contributed by atoms with E-state index in [9.17, 15) is 9.59 Å². The van der Waals surface area contributed by atoms with Crippen molar-refractivity contribution in [3.05, 3.63) is 65.2 Å². The van der Waals surface area contributed by atoms with Crippen LogP contribution in [0.15, 0.2) is 54.6 Å². The number of aryl methyl sites for hydroxylation is 2. The molecule has 0 aliphatic carbocycles. The minimum absolute atomic E-state index is 0.409. The number of amides is 2. The number of carbonyl (C=O) groups is 2. The van der Waals surface area contributed by atoms with E-state index in [-0.39, 0.29) is 0 Å². The van der Waals surface area contributed by atoms with Gasteiger partial charge in [0.05, 0.1) is 5.69 Å². The molecule has 2 aromatic carbocycles. The highest BCUT2D eigenvalue weighted by Gasteiger charge is 2.16. The van der Waals surface area contributed by atoms with E-state index in [0.29, 0.717) is 16.6 Å². The fraction of sp³-hybridized carbons (Fsp3) is 0.105. The van der Waals surface area contributed by atoms with Gasteiger partial charge in [-0.2, -0.15) is 0 Å². The number of hydrogen-bond donors (Lipinski definition) is 2. The van der Waals surface area contributed by atoms with Crippen molar-refractivity contribution in [1.82, 2.24) is 4.98 Å². The molecule has 0 unspecified atom stereocenters. The van der Waals surface area contributed by atoms with E-state index in [4.69, 9.17) is 4.74 Å². The molecule has 2 amide bonds. The minimum atomic E-state index is -0.761. The van der Waals surface area contributed by atoms with Gasteiger partial charge >= 0.3 is 11.8 Å². The molecule has 0 saturated carbocycles. The van der Waals surface area contributed by atoms with Crippen LogP contribution >= 0.6 is 11.3 Å². The van der Waals surface area contributed by atoms with Gasteiger partial charge in [0.25, 0.3) is 0 Å². The van der Waals surface area contributed by atoms with Gasteiger partial charge in [0.1, 0.15) is 11.5 Å². The molecule has 0 radical (unpaired) electrons. The lowest BCUT2D eigenvalue weighted by Crippen LogP contribution is -2.29. The summed E-state index contributed by atoms with van der Waals surface area (Å²) in [6.45, 7) is 3.75. The van der Waals surface area contributed by atoms with Crippen LogP contribution in [0.2, 0.25) is 0 Å². The van der Waals surface area contributed by atoms with Crippen LogP contribution in [0, 0.1) is 13.8 Å². The Morgan fingerprint density at radius 3 is 2.12 bits per heavy atom. The molecule has 0 aliphatic heterocycles. The number of benzene rings is 2. The lowest BCUT2D eigenvalue weighted by molar-refractivity contribution is -0.132. The smallest absolute Gasteiger partial charge is 0.315 e. The number of rotatable bonds is 4. The average Bonchev–Trinajstić information content (AvgIpc) is 2.95. The monoisotopic (exact) mass is 367 g/mol. The molecule has 0 fully saturated rings. The van der Waals surface area contributed by atoms with Gasteiger partial charge in [-0.15, -0.1) is 11.3 Å². The number of aromatic nitrogens is 1. The summed E-state index contributed by atoms with van der Waals surface area (Å²) in [5, 5.41) is 5.45. The normalized spacial score (nSPS) is 10.2. The van der Waals surface area contributed by atoms with Gasteiger partial charge < -0.3 is 10.1 Å². The van der Waals surface area contributed by atoms with E-state index in [1.54, 1.807) is 24.3 Å². The lowest BCUT2D eigenvalue weighted by atomic mass is 10.3. The van der Waals surface area contributed by atoms with Crippen molar-refractivity contribution in [1.29, 1.82) is 0 Å². The maximum absolute atomic E-state index is 12.0. The number of nitrogens with zero attached hydrogens (tertiary/aromatic N) is 1. The topological polar surface area (TPSA) is 80.3 Å². The molecular weight excluding hydrogens is 350 g/mol. The second kappa shape index (κ2) is 7.79. The average molecular weight is 367 g/mol. The van der Waals surface area contributed by atoms with E-state index in [1.807, 2.05) is 44.2 Å². The number of nitrogens with one attached hydrogen (secondary N) is 2. The van der Waals surface area contributed by atoms with Crippen molar-refractivity contribution in [3.8, 4) is 11.5 Å². The molecule has 132 valence electrons. The van der Waals surface area contributed by atoms with Gasteiger partial charge in [-0.25, -0.2) is 4.98 Å². The molecule has 1 aromatic heterocycles. The zero-order valence-corrected chi connectivity index (χ0v) is 15.1. The first-order valence-electron chi connectivity index (χ1n) is 7.90. The second-order valence-electron chi connectivity index (χ2n) is 5.51. The fourth-order valence-corrected chi connectivity index (χ4v) is 2.91. The Bertz CT molecular complexity index is 901. The summed E-state index contributed by atoms with van der Waals surface area (Å²) >= 11 is 1.33. The number of thiazole rings is 1. The Kier molecular flexibility index (Phi) is 5.28. The summed E-state index contributed by atoms with van der Waals surface area (Å²) in [5.74, 6) is -0.166. The Hall–Kier alpha value is -3.19. The first-order valence-corrected chi connectivity index (χ1v) is 8.72. The van der Waals surface area contributed by atoms with Crippen molar-refractivity contribution < 1.29 is 14.3 Å². The molecule has 0 aliphatic rings. The number of ether oxygens (including phenoxy) is 1. The van der Waals surface area contributed by atoms with Crippen molar-refractivity contribution in [2.24, 2.45) is 0 Å². The van der Waals surface area contributed by atoms with Crippen LogP contribution in [-0.4, -0.2) is 16.8 Å². The van der Waals surface area contributed by atoms with Crippen LogP contribution in [0.1, 0.15) is 10.6 Å². The Morgan fingerprint density at radius 2 is 1.50 bits per heavy atom. The third-order valence-electron chi connectivity index (χ3n) is 3.55. The van der Waals surface area contributed by atoms with Gasteiger partial charge in [-0.3, -0.25) is 14.9 Å².